The minimum atomic E-state index is -1.74. The van der Waals surface area contributed by atoms with E-state index in [1.807, 2.05) is 0 Å². The van der Waals surface area contributed by atoms with Gasteiger partial charge in [0.05, 0.1) is 27.5 Å². The Morgan fingerprint density at radius 3 is 2.44 bits per heavy atom. The Morgan fingerprint density at radius 2 is 1.71 bits per heavy atom. The molecule has 0 aliphatic rings. The highest BCUT2D eigenvalue weighted by Gasteiger charge is 2.23. The zero-order chi connectivity index (χ0) is 24.6. The molecule has 1 heterocycles. The molecule has 4 rings (SSSR count). The summed E-state index contributed by atoms with van der Waals surface area (Å²) in [6.07, 6.45) is 0. The van der Waals surface area contributed by atoms with Gasteiger partial charge in [-0.3, -0.25) is 14.2 Å². The molecule has 0 aliphatic carbocycles. The molecule has 4 aromatic rings. The van der Waals surface area contributed by atoms with Gasteiger partial charge in [0, 0.05) is 6.07 Å². The molecule has 0 saturated carbocycles. The highest BCUT2D eigenvalue weighted by molar-refractivity contribution is 8.00. The van der Waals surface area contributed by atoms with Crippen molar-refractivity contribution in [1.82, 2.24) is 9.55 Å². The maximum absolute atomic E-state index is 14.6. The lowest BCUT2D eigenvalue weighted by Gasteiger charge is -2.17. The number of carbonyl (C=O) groups is 1. The number of thioether (sulfide) groups is 1. The summed E-state index contributed by atoms with van der Waals surface area (Å²) in [7, 11) is 0. The van der Waals surface area contributed by atoms with Gasteiger partial charge in [-0.05, 0) is 43.3 Å². The number of fused-ring (bicyclic) bond motifs is 1. The number of rotatable bonds is 5. The summed E-state index contributed by atoms with van der Waals surface area (Å²) in [6.45, 7) is 1.39. The van der Waals surface area contributed by atoms with Gasteiger partial charge in [-0.15, -0.1) is 0 Å². The molecule has 0 bridgehead atoms. The third kappa shape index (κ3) is 4.38. The minimum absolute atomic E-state index is 0.0948. The Morgan fingerprint density at radius 1 is 0.971 bits per heavy atom. The number of anilines is 1. The SMILES string of the molecule is CC(Sc1nc2ccccc2c(=O)n1-c1ccc(F)cc1F)C(=O)Nc1ccc(F)c(F)c1F. The largest absolute Gasteiger partial charge is 0.323 e. The van der Waals surface area contributed by atoms with Crippen molar-refractivity contribution in [3.05, 3.63) is 94.0 Å². The number of hydrogen-bond donors (Lipinski definition) is 1. The molecule has 0 aliphatic heterocycles. The zero-order valence-electron chi connectivity index (χ0n) is 17.3. The Balaban J connectivity index is 1.74. The van der Waals surface area contributed by atoms with Crippen molar-refractivity contribution in [3.63, 3.8) is 0 Å². The van der Waals surface area contributed by atoms with Gasteiger partial charge in [0.1, 0.15) is 11.6 Å². The predicted molar refractivity (Wildman–Crippen MR) is 118 cm³/mol. The molecule has 5 nitrogen and oxygen atoms in total. The van der Waals surface area contributed by atoms with E-state index in [1.54, 1.807) is 18.2 Å². The first-order valence-electron chi connectivity index (χ1n) is 9.75. The van der Waals surface area contributed by atoms with E-state index in [9.17, 15) is 31.5 Å². The number of aromatic nitrogens is 2. The average Bonchev–Trinajstić information content (AvgIpc) is 2.80. The van der Waals surface area contributed by atoms with Crippen molar-refractivity contribution in [3.8, 4) is 5.69 Å². The normalized spacial score (nSPS) is 12.1. The van der Waals surface area contributed by atoms with Crippen molar-refractivity contribution in [2.75, 3.05) is 5.32 Å². The molecule has 174 valence electrons. The molecule has 1 N–H and O–H groups in total. The molecule has 1 unspecified atom stereocenters. The van der Waals surface area contributed by atoms with Crippen LogP contribution in [-0.4, -0.2) is 20.7 Å². The number of carbonyl (C=O) groups excluding carboxylic acids is 1. The summed E-state index contributed by atoms with van der Waals surface area (Å²) in [5, 5.41) is 1.17. The third-order valence-electron chi connectivity index (χ3n) is 4.84. The third-order valence-corrected chi connectivity index (χ3v) is 5.89. The second kappa shape index (κ2) is 9.26. The van der Waals surface area contributed by atoms with Crippen molar-refractivity contribution in [1.29, 1.82) is 0 Å². The molecule has 0 saturated heterocycles. The highest BCUT2D eigenvalue weighted by Crippen LogP contribution is 2.28. The maximum atomic E-state index is 14.6. The highest BCUT2D eigenvalue weighted by atomic mass is 32.2. The van der Waals surface area contributed by atoms with Gasteiger partial charge in [-0.1, -0.05) is 23.9 Å². The van der Waals surface area contributed by atoms with Crippen molar-refractivity contribution in [2.24, 2.45) is 0 Å². The van der Waals surface area contributed by atoms with Crippen LogP contribution in [0.1, 0.15) is 6.92 Å². The zero-order valence-corrected chi connectivity index (χ0v) is 18.1. The van der Waals surface area contributed by atoms with E-state index in [0.717, 1.165) is 34.5 Å². The number of hydrogen-bond acceptors (Lipinski definition) is 4. The van der Waals surface area contributed by atoms with Crippen LogP contribution in [0.2, 0.25) is 0 Å². The molecule has 0 spiro atoms. The average molecular weight is 491 g/mol. The van der Waals surface area contributed by atoms with Gasteiger partial charge < -0.3 is 5.32 Å². The van der Waals surface area contributed by atoms with E-state index in [0.29, 0.717) is 12.1 Å². The first-order valence-corrected chi connectivity index (χ1v) is 10.6. The lowest BCUT2D eigenvalue weighted by atomic mass is 10.2. The van der Waals surface area contributed by atoms with E-state index >= 15 is 0 Å². The van der Waals surface area contributed by atoms with Crippen LogP contribution in [0.4, 0.5) is 27.6 Å². The number of para-hydroxylation sites is 1. The number of nitrogens with one attached hydrogen (secondary N) is 1. The molecule has 1 amide bonds. The summed E-state index contributed by atoms with van der Waals surface area (Å²) in [4.78, 5) is 30.1. The first kappa shape index (κ1) is 23.4. The van der Waals surface area contributed by atoms with Crippen LogP contribution >= 0.6 is 11.8 Å². The second-order valence-corrected chi connectivity index (χ2v) is 8.43. The Kier molecular flexibility index (Phi) is 6.38. The summed E-state index contributed by atoms with van der Waals surface area (Å²) in [5.74, 6) is -7.41. The smallest absolute Gasteiger partial charge is 0.266 e. The Labute approximate surface area is 193 Å². The molecule has 1 atom stereocenters. The van der Waals surface area contributed by atoms with E-state index < -0.39 is 51.5 Å². The Hall–Kier alpha value is -3.73. The van der Waals surface area contributed by atoms with Crippen LogP contribution < -0.4 is 10.9 Å². The van der Waals surface area contributed by atoms with Gasteiger partial charge in [-0.25, -0.2) is 26.9 Å². The van der Waals surface area contributed by atoms with Gasteiger partial charge in [-0.2, -0.15) is 0 Å². The summed E-state index contributed by atoms with van der Waals surface area (Å²) >= 11 is 0.737. The number of benzene rings is 3. The lowest BCUT2D eigenvalue weighted by molar-refractivity contribution is -0.115. The van der Waals surface area contributed by atoms with Crippen LogP contribution in [0.3, 0.4) is 0 Å². The van der Waals surface area contributed by atoms with E-state index in [-0.39, 0.29) is 21.7 Å². The number of amides is 1. The number of nitrogens with zero attached hydrogens (tertiary/aromatic N) is 2. The maximum Gasteiger partial charge on any atom is 0.266 e. The van der Waals surface area contributed by atoms with Crippen LogP contribution in [-0.2, 0) is 4.79 Å². The molecular formula is C23H14F5N3O2S. The van der Waals surface area contributed by atoms with Gasteiger partial charge in [0.15, 0.2) is 22.6 Å². The van der Waals surface area contributed by atoms with Crippen LogP contribution in [0.15, 0.2) is 64.5 Å². The first-order chi connectivity index (χ1) is 16.2. The molecule has 0 radical (unpaired) electrons. The summed E-state index contributed by atoms with van der Waals surface area (Å²) in [6, 6.07) is 10.4. The second-order valence-electron chi connectivity index (χ2n) is 7.12. The topological polar surface area (TPSA) is 64.0 Å². The Bertz CT molecular complexity index is 1490. The summed E-state index contributed by atoms with van der Waals surface area (Å²) in [5.41, 5.74) is -1.25. The monoisotopic (exact) mass is 491 g/mol. The van der Waals surface area contributed by atoms with Crippen LogP contribution in [0.5, 0.6) is 0 Å². The van der Waals surface area contributed by atoms with Gasteiger partial charge >= 0.3 is 0 Å². The van der Waals surface area contributed by atoms with E-state index in [1.165, 1.54) is 13.0 Å². The van der Waals surface area contributed by atoms with Crippen molar-refractivity contribution >= 4 is 34.3 Å². The van der Waals surface area contributed by atoms with Crippen LogP contribution in [0.25, 0.3) is 16.6 Å². The standard InChI is InChI=1S/C23H14F5N3O2S/c1-11(21(32)29-17-8-7-14(25)19(27)20(17)28)34-23-30-16-5-3-2-4-13(16)22(33)31(23)18-9-6-12(24)10-15(18)26/h2-11H,1H3,(H,29,32). The molecule has 3 aromatic carbocycles. The molecule has 11 heteroatoms. The van der Waals surface area contributed by atoms with Crippen molar-refractivity contribution < 1.29 is 26.7 Å². The molecule has 34 heavy (non-hydrogen) atoms. The van der Waals surface area contributed by atoms with Gasteiger partial charge in [0.2, 0.25) is 5.91 Å². The summed E-state index contributed by atoms with van der Waals surface area (Å²) < 4.78 is 69.5. The lowest BCUT2D eigenvalue weighted by Crippen LogP contribution is -2.27. The van der Waals surface area contributed by atoms with Crippen LogP contribution in [0, 0.1) is 29.1 Å². The number of halogens is 5. The fourth-order valence-electron chi connectivity index (χ4n) is 3.13. The molecule has 1 aromatic heterocycles. The fraction of sp³-hybridized carbons (Fsp3) is 0.0870. The van der Waals surface area contributed by atoms with Crippen molar-refractivity contribution in [2.45, 2.75) is 17.3 Å². The van der Waals surface area contributed by atoms with E-state index in [2.05, 4.69) is 10.3 Å². The quantitative estimate of drug-likeness (QED) is 0.180. The van der Waals surface area contributed by atoms with E-state index in [4.69, 9.17) is 0 Å². The molecular weight excluding hydrogens is 477 g/mol. The molecule has 0 fully saturated rings. The fourth-order valence-corrected chi connectivity index (χ4v) is 4.05. The van der Waals surface area contributed by atoms with Gasteiger partial charge in [0.25, 0.3) is 5.56 Å². The minimum Gasteiger partial charge on any atom is -0.323 e. The predicted octanol–water partition coefficient (Wildman–Crippen LogP) is 5.20.